The fourth-order valence-corrected chi connectivity index (χ4v) is 3.60. The Morgan fingerprint density at radius 1 is 1.44 bits per heavy atom. The van der Waals surface area contributed by atoms with Crippen LogP contribution in [0.4, 0.5) is 0 Å². The maximum absolute atomic E-state index is 5.48. The molecule has 18 heavy (non-hydrogen) atoms. The largest absolute Gasteiger partial charge is 0.381 e. The van der Waals surface area contributed by atoms with Crippen molar-refractivity contribution in [3.05, 3.63) is 31.8 Å². The zero-order valence-corrected chi connectivity index (χ0v) is 14.3. The zero-order valence-electron chi connectivity index (χ0n) is 10.6. The highest BCUT2D eigenvalue weighted by Crippen LogP contribution is 2.33. The first-order valence-corrected chi connectivity index (χ1v) is 8.35. The van der Waals surface area contributed by atoms with E-state index in [4.69, 9.17) is 4.74 Å². The van der Waals surface area contributed by atoms with Gasteiger partial charge in [-0.2, -0.15) is 0 Å². The van der Waals surface area contributed by atoms with Gasteiger partial charge in [0.15, 0.2) is 0 Å². The van der Waals surface area contributed by atoms with Gasteiger partial charge in [-0.3, -0.25) is 0 Å². The van der Waals surface area contributed by atoms with Crippen molar-refractivity contribution in [3.63, 3.8) is 0 Å². The number of benzene rings is 1. The SMILES string of the molecule is CCNC(c1cc(Br)ccc1I)C1CCOCC1. The minimum absolute atomic E-state index is 0.448. The normalized spacial score (nSPS) is 18.8. The van der Waals surface area contributed by atoms with Crippen molar-refractivity contribution in [1.29, 1.82) is 0 Å². The second-order valence-corrected chi connectivity index (χ2v) is 6.73. The lowest BCUT2D eigenvalue weighted by Gasteiger charge is -2.32. The third kappa shape index (κ3) is 3.68. The molecule has 1 aromatic carbocycles. The molecule has 1 saturated heterocycles. The van der Waals surface area contributed by atoms with E-state index in [9.17, 15) is 0 Å². The standard InChI is InChI=1S/C14H19BrINO/c1-2-17-14(10-5-7-18-8-6-10)12-9-11(15)3-4-13(12)16/h3-4,9-10,14,17H,2,5-8H2,1H3. The molecule has 1 aliphatic heterocycles. The van der Waals surface area contributed by atoms with Crippen LogP contribution in [0, 0.1) is 9.49 Å². The van der Waals surface area contributed by atoms with E-state index < -0.39 is 0 Å². The molecule has 1 N–H and O–H groups in total. The first kappa shape index (κ1) is 14.8. The molecule has 0 saturated carbocycles. The van der Waals surface area contributed by atoms with Gasteiger partial charge in [0.25, 0.3) is 0 Å². The molecule has 0 aromatic heterocycles. The van der Waals surface area contributed by atoms with Gasteiger partial charge in [0.1, 0.15) is 0 Å². The smallest absolute Gasteiger partial charge is 0.0469 e. The van der Waals surface area contributed by atoms with Crippen molar-refractivity contribution in [3.8, 4) is 0 Å². The Bertz CT molecular complexity index is 393. The van der Waals surface area contributed by atoms with Gasteiger partial charge in [-0.25, -0.2) is 0 Å². The van der Waals surface area contributed by atoms with Gasteiger partial charge < -0.3 is 10.1 Å². The Hall–Kier alpha value is 0.350. The summed E-state index contributed by atoms with van der Waals surface area (Å²) in [5, 5.41) is 3.66. The Balaban J connectivity index is 2.24. The summed E-state index contributed by atoms with van der Waals surface area (Å²) in [4.78, 5) is 0. The van der Waals surface area contributed by atoms with E-state index in [2.05, 4.69) is 69.0 Å². The quantitative estimate of drug-likeness (QED) is 0.735. The minimum Gasteiger partial charge on any atom is -0.381 e. The molecule has 1 fully saturated rings. The summed E-state index contributed by atoms with van der Waals surface area (Å²) in [5.41, 5.74) is 1.42. The van der Waals surface area contributed by atoms with Crippen molar-refractivity contribution in [2.45, 2.75) is 25.8 Å². The second-order valence-electron chi connectivity index (χ2n) is 4.65. The van der Waals surface area contributed by atoms with Crippen LogP contribution in [0.2, 0.25) is 0 Å². The summed E-state index contributed by atoms with van der Waals surface area (Å²) in [6.07, 6.45) is 2.31. The van der Waals surface area contributed by atoms with Gasteiger partial charge in [0.05, 0.1) is 0 Å². The van der Waals surface area contributed by atoms with E-state index in [1.165, 1.54) is 9.13 Å². The number of hydrogen-bond acceptors (Lipinski definition) is 2. The predicted octanol–water partition coefficient (Wildman–Crippen LogP) is 4.13. The zero-order chi connectivity index (χ0) is 13.0. The highest BCUT2D eigenvalue weighted by atomic mass is 127. The van der Waals surface area contributed by atoms with E-state index >= 15 is 0 Å². The van der Waals surface area contributed by atoms with Crippen LogP contribution in [-0.2, 0) is 4.74 Å². The Morgan fingerprint density at radius 2 is 2.17 bits per heavy atom. The molecule has 0 bridgehead atoms. The monoisotopic (exact) mass is 423 g/mol. The predicted molar refractivity (Wildman–Crippen MR) is 86.8 cm³/mol. The fraction of sp³-hybridized carbons (Fsp3) is 0.571. The summed E-state index contributed by atoms with van der Waals surface area (Å²) in [6, 6.07) is 7.00. The molecule has 0 amide bonds. The third-order valence-corrected chi connectivity index (χ3v) is 4.93. The van der Waals surface area contributed by atoms with Crippen LogP contribution in [0.15, 0.2) is 22.7 Å². The van der Waals surface area contributed by atoms with Gasteiger partial charge in [-0.15, -0.1) is 0 Å². The molecule has 0 spiro atoms. The highest BCUT2D eigenvalue weighted by molar-refractivity contribution is 14.1. The Labute approximate surface area is 131 Å². The summed E-state index contributed by atoms with van der Waals surface area (Å²) >= 11 is 6.02. The van der Waals surface area contributed by atoms with Crippen LogP contribution >= 0.6 is 38.5 Å². The van der Waals surface area contributed by atoms with Crippen LogP contribution in [0.25, 0.3) is 0 Å². The molecular weight excluding hydrogens is 405 g/mol. The first-order chi connectivity index (χ1) is 8.72. The Kier molecular flexibility index (Phi) is 5.92. The van der Waals surface area contributed by atoms with Crippen molar-refractivity contribution < 1.29 is 4.74 Å². The molecule has 1 atom stereocenters. The van der Waals surface area contributed by atoms with E-state index in [1.54, 1.807) is 0 Å². The van der Waals surface area contributed by atoms with Crippen molar-refractivity contribution in [1.82, 2.24) is 5.32 Å². The molecule has 4 heteroatoms. The fourth-order valence-electron chi connectivity index (χ4n) is 2.55. The maximum Gasteiger partial charge on any atom is 0.0469 e. The molecule has 1 aromatic rings. The van der Waals surface area contributed by atoms with Crippen LogP contribution in [0.5, 0.6) is 0 Å². The highest BCUT2D eigenvalue weighted by Gasteiger charge is 2.26. The first-order valence-electron chi connectivity index (χ1n) is 6.48. The molecule has 2 rings (SSSR count). The van der Waals surface area contributed by atoms with Gasteiger partial charge in [-0.05, 0) is 71.7 Å². The average molecular weight is 424 g/mol. The lowest BCUT2D eigenvalue weighted by atomic mass is 9.87. The number of halogens is 2. The van der Waals surface area contributed by atoms with Crippen LogP contribution in [0.3, 0.4) is 0 Å². The number of hydrogen-bond donors (Lipinski definition) is 1. The van der Waals surface area contributed by atoms with Gasteiger partial charge in [-0.1, -0.05) is 22.9 Å². The van der Waals surface area contributed by atoms with E-state index in [-0.39, 0.29) is 0 Å². The molecule has 2 nitrogen and oxygen atoms in total. The van der Waals surface area contributed by atoms with Crippen LogP contribution in [0.1, 0.15) is 31.4 Å². The number of ether oxygens (including phenoxy) is 1. The topological polar surface area (TPSA) is 21.3 Å². The summed E-state index contributed by atoms with van der Waals surface area (Å²) in [7, 11) is 0. The summed E-state index contributed by atoms with van der Waals surface area (Å²) in [6.45, 7) is 4.98. The lowest BCUT2D eigenvalue weighted by Crippen LogP contribution is -2.32. The molecule has 1 unspecified atom stereocenters. The van der Waals surface area contributed by atoms with E-state index in [0.29, 0.717) is 12.0 Å². The van der Waals surface area contributed by atoms with Crippen molar-refractivity contribution in [2.24, 2.45) is 5.92 Å². The van der Waals surface area contributed by atoms with Crippen molar-refractivity contribution >= 4 is 38.5 Å². The molecule has 0 aliphatic carbocycles. The Morgan fingerprint density at radius 3 is 2.83 bits per heavy atom. The van der Waals surface area contributed by atoms with Crippen molar-refractivity contribution in [2.75, 3.05) is 19.8 Å². The molecule has 1 heterocycles. The van der Waals surface area contributed by atoms with E-state index in [1.807, 2.05) is 0 Å². The van der Waals surface area contributed by atoms with Crippen LogP contribution in [-0.4, -0.2) is 19.8 Å². The maximum atomic E-state index is 5.48. The minimum atomic E-state index is 0.448. The van der Waals surface area contributed by atoms with Crippen LogP contribution < -0.4 is 5.32 Å². The van der Waals surface area contributed by atoms with Gasteiger partial charge in [0.2, 0.25) is 0 Å². The number of nitrogens with one attached hydrogen (secondary N) is 1. The summed E-state index contributed by atoms with van der Waals surface area (Å²) in [5.74, 6) is 0.682. The molecule has 100 valence electrons. The number of rotatable bonds is 4. The lowest BCUT2D eigenvalue weighted by molar-refractivity contribution is 0.0537. The van der Waals surface area contributed by atoms with Gasteiger partial charge in [0, 0.05) is 27.3 Å². The molecule has 0 radical (unpaired) electrons. The molecule has 1 aliphatic rings. The average Bonchev–Trinajstić information content (AvgIpc) is 2.40. The second kappa shape index (κ2) is 7.22. The molecular formula is C14H19BrINO. The third-order valence-electron chi connectivity index (χ3n) is 3.45. The van der Waals surface area contributed by atoms with E-state index in [0.717, 1.165) is 37.1 Å². The van der Waals surface area contributed by atoms with Gasteiger partial charge >= 0.3 is 0 Å². The summed E-state index contributed by atoms with van der Waals surface area (Å²) < 4.78 is 7.98.